The van der Waals surface area contributed by atoms with Gasteiger partial charge in [-0.25, -0.2) is 0 Å². The van der Waals surface area contributed by atoms with E-state index in [1.54, 1.807) is 0 Å². The Morgan fingerprint density at radius 1 is 1.13 bits per heavy atom. The normalized spacial score (nSPS) is 19.6. The lowest BCUT2D eigenvalue weighted by Gasteiger charge is -2.35. The van der Waals surface area contributed by atoms with Crippen LogP contribution in [0.5, 0.6) is 0 Å². The van der Waals surface area contributed by atoms with Crippen LogP contribution in [-0.2, 0) is 17.9 Å². The predicted molar refractivity (Wildman–Crippen MR) is 123 cm³/mol. The molecule has 1 atom stereocenters. The van der Waals surface area contributed by atoms with Crippen LogP contribution in [0.15, 0.2) is 29.3 Å². The third-order valence-electron chi connectivity index (χ3n) is 6.27. The molecule has 1 amide bonds. The van der Waals surface area contributed by atoms with Gasteiger partial charge >= 0.3 is 0 Å². The van der Waals surface area contributed by atoms with Crippen LogP contribution in [0.2, 0.25) is 0 Å². The zero-order chi connectivity index (χ0) is 21.2. The molecule has 1 unspecified atom stereocenters. The number of guanidine groups is 1. The summed E-state index contributed by atoms with van der Waals surface area (Å²) in [4.78, 5) is 21.8. The summed E-state index contributed by atoms with van der Waals surface area (Å²) in [6.45, 7) is 10.6. The summed E-state index contributed by atoms with van der Waals surface area (Å²) in [5, 5.41) is 6.80. The van der Waals surface area contributed by atoms with E-state index in [0.717, 1.165) is 51.1 Å². The quantitative estimate of drug-likeness (QED) is 0.371. The highest BCUT2D eigenvalue weighted by Gasteiger charge is 2.22. The molecule has 1 saturated heterocycles. The van der Waals surface area contributed by atoms with Crippen LogP contribution in [0.4, 0.5) is 0 Å². The first kappa shape index (κ1) is 22.6. The highest BCUT2D eigenvalue weighted by Crippen LogP contribution is 2.23. The first-order valence-electron chi connectivity index (χ1n) is 11.8. The SMILES string of the molecule is CCNC(=NCCCC(=O)N1Cc2ccccc2C1)NCCN1CCCCC1CC. The van der Waals surface area contributed by atoms with Crippen molar-refractivity contribution in [3.05, 3.63) is 35.4 Å². The number of fused-ring (bicyclic) bond motifs is 1. The van der Waals surface area contributed by atoms with Crippen LogP contribution >= 0.6 is 0 Å². The van der Waals surface area contributed by atoms with Crippen LogP contribution in [0.3, 0.4) is 0 Å². The molecule has 0 radical (unpaired) electrons. The van der Waals surface area contributed by atoms with Gasteiger partial charge in [-0.15, -0.1) is 0 Å². The average molecular weight is 414 g/mol. The number of likely N-dealkylation sites (tertiary alicyclic amines) is 1. The first-order valence-corrected chi connectivity index (χ1v) is 11.8. The molecule has 1 aromatic carbocycles. The van der Waals surface area contributed by atoms with Crippen LogP contribution in [0.1, 0.15) is 63.5 Å². The molecule has 30 heavy (non-hydrogen) atoms. The van der Waals surface area contributed by atoms with Crippen LogP contribution in [-0.4, -0.2) is 60.4 Å². The van der Waals surface area contributed by atoms with Crippen molar-refractivity contribution in [3.63, 3.8) is 0 Å². The van der Waals surface area contributed by atoms with E-state index in [4.69, 9.17) is 0 Å². The van der Waals surface area contributed by atoms with Gasteiger partial charge in [0.2, 0.25) is 5.91 Å². The Morgan fingerprint density at radius 3 is 2.60 bits per heavy atom. The summed E-state index contributed by atoms with van der Waals surface area (Å²) in [5.41, 5.74) is 2.56. The molecule has 0 aliphatic carbocycles. The maximum atomic E-state index is 12.5. The lowest BCUT2D eigenvalue weighted by Crippen LogP contribution is -2.46. The smallest absolute Gasteiger partial charge is 0.223 e. The summed E-state index contributed by atoms with van der Waals surface area (Å²) in [6.07, 6.45) is 6.61. The third kappa shape index (κ3) is 6.46. The van der Waals surface area contributed by atoms with E-state index in [-0.39, 0.29) is 5.91 Å². The molecule has 6 heteroatoms. The van der Waals surface area contributed by atoms with Crippen molar-refractivity contribution in [2.24, 2.45) is 4.99 Å². The van der Waals surface area contributed by atoms with E-state index in [9.17, 15) is 4.79 Å². The van der Waals surface area contributed by atoms with Crippen molar-refractivity contribution in [2.75, 3.05) is 32.7 Å². The maximum absolute atomic E-state index is 12.5. The molecule has 166 valence electrons. The van der Waals surface area contributed by atoms with E-state index >= 15 is 0 Å². The van der Waals surface area contributed by atoms with E-state index in [1.807, 2.05) is 17.0 Å². The Kier molecular flexibility index (Phi) is 9.00. The fourth-order valence-corrected chi connectivity index (χ4v) is 4.57. The third-order valence-corrected chi connectivity index (χ3v) is 6.27. The zero-order valence-corrected chi connectivity index (χ0v) is 18.8. The number of amides is 1. The summed E-state index contributed by atoms with van der Waals surface area (Å²) in [6, 6.07) is 9.07. The topological polar surface area (TPSA) is 60.0 Å². The molecule has 0 bridgehead atoms. The minimum atomic E-state index is 0.232. The Balaban J connectivity index is 1.36. The largest absolute Gasteiger partial charge is 0.357 e. The monoisotopic (exact) mass is 413 g/mol. The zero-order valence-electron chi connectivity index (χ0n) is 18.8. The summed E-state index contributed by atoms with van der Waals surface area (Å²) < 4.78 is 0. The number of nitrogens with zero attached hydrogens (tertiary/aromatic N) is 3. The van der Waals surface area contributed by atoms with Gasteiger partial charge in [-0.1, -0.05) is 37.6 Å². The number of aliphatic imine (C=N–C) groups is 1. The molecule has 1 aromatic rings. The van der Waals surface area contributed by atoms with Crippen molar-refractivity contribution in [2.45, 2.75) is 71.5 Å². The summed E-state index contributed by atoms with van der Waals surface area (Å²) in [5.74, 6) is 1.10. The second kappa shape index (κ2) is 11.9. The molecule has 0 aromatic heterocycles. The van der Waals surface area contributed by atoms with Gasteiger partial charge in [-0.2, -0.15) is 0 Å². The molecule has 3 rings (SSSR count). The molecule has 2 heterocycles. The number of rotatable bonds is 9. The molecular formula is C24H39N5O. The van der Waals surface area contributed by atoms with Crippen molar-refractivity contribution < 1.29 is 4.79 Å². The summed E-state index contributed by atoms with van der Waals surface area (Å²) >= 11 is 0. The standard InChI is InChI=1S/C24H39N5O/c1-3-22-12-7-8-16-28(22)17-15-27-24(25-4-2)26-14-9-13-23(30)29-18-20-10-5-6-11-21(20)19-29/h5-6,10-11,22H,3-4,7-9,12-19H2,1-2H3,(H2,25,26,27). The maximum Gasteiger partial charge on any atom is 0.223 e. The van der Waals surface area contributed by atoms with Crippen LogP contribution in [0.25, 0.3) is 0 Å². The number of hydrogen-bond acceptors (Lipinski definition) is 3. The van der Waals surface area contributed by atoms with E-state index in [1.165, 1.54) is 43.4 Å². The van der Waals surface area contributed by atoms with Crippen LogP contribution in [0, 0.1) is 0 Å². The van der Waals surface area contributed by atoms with E-state index < -0.39 is 0 Å². The van der Waals surface area contributed by atoms with Gasteiger partial charge in [0.05, 0.1) is 0 Å². The molecule has 1 fully saturated rings. The molecule has 0 saturated carbocycles. The fourth-order valence-electron chi connectivity index (χ4n) is 4.57. The number of carbonyl (C=O) groups excluding carboxylic acids is 1. The Morgan fingerprint density at radius 2 is 1.90 bits per heavy atom. The molecular weight excluding hydrogens is 374 g/mol. The number of carbonyl (C=O) groups is 1. The molecule has 2 N–H and O–H groups in total. The molecule has 2 aliphatic rings. The number of piperidine rings is 1. The van der Waals surface area contributed by atoms with Crippen molar-refractivity contribution >= 4 is 11.9 Å². The van der Waals surface area contributed by atoms with Gasteiger partial charge < -0.3 is 15.5 Å². The number of nitrogens with one attached hydrogen (secondary N) is 2. The molecule has 2 aliphatic heterocycles. The molecule has 0 spiro atoms. The second-order valence-corrected chi connectivity index (χ2v) is 8.40. The highest BCUT2D eigenvalue weighted by atomic mass is 16.2. The van der Waals surface area contributed by atoms with Gasteiger partial charge in [0, 0.05) is 51.7 Å². The fraction of sp³-hybridized carbons (Fsp3) is 0.667. The van der Waals surface area contributed by atoms with Crippen LogP contribution < -0.4 is 10.6 Å². The number of benzene rings is 1. The minimum absolute atomic E-state index is 0.232. The van der Waals surface area contributed by atoms with Gasteiger partial charge in [-0.05, 0) is 50.3 Å². The Bertz CT molecular complexity index is 680. The lowest BCUT2D eigenvalue weighted by atomic mass is 10.0. The van der Waals surface area contributed by atoms with Gasteiger partial charge in [0.25, 0.3) is 0 Å². The summed E-state index contributed by atoms with van der Waals surface area (Å²) in [7, 11) is 0. The first-order chi connectivity index (χ1) is 14.7. The average Bonchev–Trinajstić information content (AvgIpc) is 3.21. The minimum Gasteiger partial charge on any atom is -0.357 e. The predicted octanol–water partition coefficient (Wildman–Crippen LogP) is 3.13. The van der Waals surface area contributed by atoms with Gasteiger partial charge in [0.15, 0.2) is 5.96 Å². The van der Waals surface area contributed by atoms with Crippen molar-refractivity contribution in [1.29, 1.82) is 0 Å². The van der Waals surface area contributed by atoms with Crippen molar-refractivity contribution in [1.82, 2.24) is 20.4 Å². The highest BCUT2D eigenvalue weighted by molar-refractivity contribution is 5.80. The van der Waals surface area contributed by atoms with Gasteiger partial charge in [-0.3, -0.25) is 14.7 Å². The van der Waals surface area contributed by atoms with E-state index in [2.05, 4.69) is 46.5 Å². The van der Waals surface area contributed by atoms with E-state index in [0.29, 0.717) is 13.0 Å². The number of hydrogen-bond donors (Lipinski definition) is 2. The second-order valence-electron chi connectivity index (χ2n) is 8.40. The van der Waals surface area contributed by atoms with Crippen molar-refractivity contribution in [3.8, 4) is 0 Å². The Labute approximate surface area is 182 Å². The lowest BCUT2D eigenvalue weighted by molar-refractivity contribution is -0.131. The molecule has 6 nitrogen and oxygen atoms in total. The van der Waals surface area contributed by atoms with Gasteiger partial charge in [0.1, 0.15) is 0 Å². The Hall–Kier alpha value is -2.08.